The van der Waals surface area contributed by atoms with E-state index >= 15 is 0 Å². The molecule has 6 heteroatoms. The van der Waals surface area contributed by atoms with Gasteiger partial charge in [-0.05, 0) is 18.8 Å². The molecule has 0 heterocycles. The molecule has 0 aromatic carbocycles. The van der Waals surface area contributed by atoms with Gasteiger partial charge in [-0.1, -0.05) is 19.8 Å². The Hall–Kier alpha value is -0.780. The molecule has 2 atom stereocenters. The smallest absolute Gasteiger partial charge is 0.401 e. The largest absolute Gasteiger partial charge is 0.480 e. The lowest BCUT2D eigenvalue weighted by Crippen LogP contribution is -2.46. The van der Waals surface area contributed by atoms with Crippen LogP contribution in [0, 0.1) is 5.92 Å². The number of rotatable bonds is 4. The Labute approximate surface area is 98.6 Å². The summed E-state index contributed by atoms with van der Waals surface area (Å²) in [5.74, 6) is -0.828. The Bertz CT molecular complexity index is 268. The lowest BCUT2D eigenvalue weighted by Gasteiger charge is -2.36. The highest BCUT2D eigenvalue weighted by molar-refractivity contribution is 5.69. The van der Waals surface area contributed by atoms with Gasteiger partial charge in [-0.3, -0.25) is 9.69 Å². The molecule has 0 aromatic heterocycles. The number of hydrogen-bond acceptors (Lipinski definition) is 2. The second-order valence-electron chi connectivity index (χ2n) is 4.84. The van der Waals surface area contributed by atoms with E-state index in [9.17, 15) is 18.0 Å². The first-order chi connectivity index (χ1) is 7.78. The molecule has 1 rings (SSSR count). The van der Waals surface area contributed by atoms with Crippen LogP contribution in [0.15, 0.2) is 0 Å². The number of carboxylic acid groups (broad SMARTS) is 1. The molecule has 0 saturated heterocycles. The van der Waals surface area contributed by atoms with Gasteiger partial charge in [0.2, 0.25) is 0 Å². The van der Waals surface area contributed by atoms with E-state index in [4.69, 9.17) is 5.11 Å². The summed E-state index contributed by atoms with van der Waals surface area (Å²) in [6, 6.07) is -0.253. The van der Waals surface area contributed by atoms with Crippen LogP contribution in [0.5, 0.6) is 0 Å². The maximum atomic E-state index is 12.4. The minimum atomic E-state index is -4.34. The summed E-state index contributed by atoms with van der Waals surface area (Å²) in [6.07, 6.45) is -1.13. The van der Waals surface area contributed by atoms with E-state index in [2.05, 4.69) is 0 Å². The SMILES string of the molecule is CC1CCCC(N(CC(=O)O)CC(F)(F)F)C1. The van der Waals surface area contributed by atoms with Crippen LogP contribution in [-0.2, 0) is 4.79 Å². The Morgan fingerprint density at radius 3 is 2.53 bits per heavy atom. The molecule has 2 unspecified atom stereocenters. The van der Waals surface area contributed by atoms with Crippen molar-refractivity contribution < 1.29 is 23.1 Å². The quantitative estimate of drug-likeness (QED) is 0.837. The standard InChI is InChI=1S/C11H18F3NO2/c1-8-3-2-4-9(5-8)15(6-10(16)17)7-11(12,13)14/h8-9H,2-7H2,1H3,(H,16,17). The van der Waals surface area contributed by atoms with E-state index in [0.29, 0.717) is 18.8 Å². The summed E-state index contributed by atoms with van der Waals surface area (Å²) in [5.41, 5.74) is 0. The molecule has 1 saturated carbocycles. The van der Waals surface area contributed by atoms with Crippen molar-refractivity contribution in [3.63, 3.8) is 0 Å². The lowest BCUT2D eigenvalue weighted by atomic mass is 9.86. The number of halogens is 3. The minimum absolute atomic E-state index is 0.253. The fourth-order valence-corrected chi connectivity index (χ4v) is 2.45. The highest BCUT2D eigenvalue weighted by atomic mass is 19.4. The van der Waals surface area contributed by atoms with Crippen LogP contribution < -0.4 is 0 Å². The summed E-state index contributed by atoms with van der Waals surface area (Å²) < 4.78 is 37.1. The molecule has 1 N–H and O–H groups in total. The Morgan fingerprint density at radius 1 is 1.41 bits per heavy atom. The van der Waals surface area contributed by atoms with Crippen molar-refractivity contribution in [2.75, 3.05) is 13.1 Å². The van der Waals surface area contributed by atoms with Crippen molar-refractivity contribution in [3.8, 4) is 0 Å². The van der Waals surface area contributed by atoms with Crippen LogP contribution in [0.2, 0.25) is 0 Å². The summed E-state index contributed by atoms with van der Waals surface area (Å²) in [4.78, 5) is 11.7. The van der Waals surface area contributed by atoms with E-state index in [-0.39, 0.29) is 6.04 Å². The molecule has 17 heavy (non-hydrogen) atoms. The van der Waals surface area contributed by atoms with Gasteiger partial charge < -0.3 is 5.11 Å². The average molecular weight is 253 g/mol. The second-order valence-corrected chi connectivity index (χ2v) is 4.84. The monoisotopic (exact) mass is 253 g/mol. The number of carbonyl (C=O) groups is 1. The summed E-state index contributed by atoms with van der Waals surface area (Å²) >= 11 is 0. The zero-order valence-corrected chi connectivity index (χ0v) is 9.83. The van der Waals surface area contributed by atoms with Gasteiger partial charge in [-0.2, -0.15) is 13.2 Å². The summed E-state index contributed by atoms with van der Waals surface area (Å²) in [6.45, 7) is 0.340. The van der Waals surface area contributed by atoms with Crippen molar-refractivity contribution in [2.45, 2.75) is 44.8 Å². The highest BCUT2D eigenvalue weighted by Crippen LogP contribution is 2.29. The van der Waals surface area contributed by atoms with Crippen molar-refractivity contribution in [2.24, 2.45) is 5.92 Å². The lowest BCUT2D eigenvalue weighted by molar-refractivity contribution is -0.159. The number of carboxylic acids is 1. The van der Waals surface area contributed by atoms with E-state index in [1.54, 1.807) is 0 Å². The molecule has 1 aliphatic carbocycles. The van der Waals surface area contributed by atoms with Gasteiger partial charge in [0.25, 0.3) is 0 Å². The molecule has 1 aliphatic rings. The molecular formula is C11H18F3NO2. The fourth-order valence-electron chi connectivity index (χ4n) is 2.45. The Kier molecular flexibility index (Phi) is 4.80. The van der Waals surface area contributed by atoms with Crippen LogP contribution >= 0.6 is 0 Å². The van der Waals surface area contributed by atoms with E-state index < -0.39 is 25.2 Å². The number of alkyl halides is 3. The van der Waals surface area contributed by atoms with Gasteiger partial charge >= 0.3 is 12.1 Å². The van der Waals surface area contributed by atoms with Gasteiger partial charge in [0.1, 0.15) is 0 Å². The van der Waals surface area contributed by atoms with Gasteiger partial charge in [-0.25, -0.2) is 0 Å². The van der Waals surface area contributed by atoms with Crippen LogP contribution in [0.1, 0.15) is 32.6 Å². The van der Waals surface area contributed by atoms with Gasteiger partial charge in [-0.15, -0.1) is 0 Å². The molecule has 100 valence electrons. The van der Waals surface area contributed by atoms with Crippen molar-refractivity contribution in [1.29, 1.82) is 0 Å². The topological polar surface area (TPSA) is 40.5 Å². The zero-order chi connectivity index (χ0) is 13.1. The average Bonchev–Trinajstić information content (AvgIpc) is 2.13. The summed E-state index contributed by atoms with van der Waals surface area (Å²) in [5, 5.41) is 8.67. The normalized spacial score (nSPS) is 26.2. The molecule has 1 fully saturated rings. The predicted octanol–water partition coefficient (Wildman–Crippen LogP) is 2.51. The first-order valence-corrected chi connectivity index (χ1v) is 5.80. The molecule has 0 bridgehead atoms. The molecule has 0 aromatic rings. The predicted molar refractivity (Wildman–Crippen MR) is 56.7 cm³/mol. The third-order valence-electron chi connectivity index (χ3n) is 3.15. The molecule has 0 radical (unpaired) electrons. The molecule has 0 aliphatic heterocycles. The Balaban J connectivity index is 2.64. The van der Waals surface area contributed by atoms with Gasteiger partial charge in [0.15, 0.2) is 0 Å². The highest BCUT2D eigenvalue weighted by Gasteiger charge is 2.36. The molecular weight excluding hydrogens is 235 g/mol. The van der Waals surface area contributed by atoms with Crippen molar-refractivity contribution >= 4 is 5.97 Å². The minimum Gasteiger partial charge on any atom is -0.480 e. The van der Waals surface area contributed by atoms with Crippen molar-refractivity contribution in [3.05, 3.63) is 0 Å². The zero-order valence-electron chi connectivity index (χ0n) is 9.83. The summed E-state index contributed by atoms with van der Waals surface area (Å²) in [7, 11) is 0. The number of hydrogen-bond donors (Lipinski definition) is 1. The first-order valence-electron chi connectivity index (χ1n) is 5.80. The van der Waals surface area contributed by atoms with E-state index in [1.165, 1.54) is 0 Å². The maximum absolute atomic E-state index is 12.4. The number of nitrogens with zero attached hydrogens (tertiary/aromatic N) is 1. The van der Waals surface area contributed by atoms with Gasteiger partial charge in [0, 0.05) is 6.04 Å². The van der Waals surface area contributed by atoms with Crippen LogP contribution in [0.4, 0.5) is 13.2 Å². The Morgan fingerprint density at radius 2 is 2.06 bits per heavy atom. The second kappa shape index (κ2) is 5.71. The van der Waals surface area contributed by atoms with E-state index in [0.717, 1.165) is 17.7 Å². The third-order valence-corrected chi connectivity index (χ3v) is 3.15. The number of aliphatic carboxylic acids is 1. The molecule has 3 nitrogen and oxygen atoms in total. The maximum Gasteiger partial charge on any atom is 0.401 e. The van der Waals surface area contributed by atoms with Gasteiger partial charge in [0.05, 0.1) is 13.1 Å². The molecule has 0 spiro atoms. The van der Waals surface area contributed by atoms with E-state index in [1.807, 2.05) is 6.92 Å². The third kappa shape index (κ3) is 5.39. The van der Waals surface area contributed by atoms with Crippen LogP contribution in [-0.4, -0.2) is 41.3 Å². The first kappa shape index (κ1) is 14.3. The molecule has 0 amide bonds. The fraction of sp³-hybridized carbons (Fsp3) is 0.909. The van der Waals surface area contributed by atoms with Crippen LogP contribution in [0.25, 0.3) is 0 Å². The van der Waals surface area contributed by atoms with Crippen molar-refractivity contribution in [1.82, 2.24) is 4.90 Å². The van der Waals surface area contributed by atoms with Crippen LogP contribution in [0.3, 0.4) is 0 Å².